The maximum atomic E-state index is 12.0. The minimum Gasteiger partial charge on any atom is -0.319 e. The number of carbonyl (C=O) groups is 1. The Hall–Kier alpha value is -2.79. The van der Waals surface area contributed by atoms with E-state index in [-0.39, 0.29) is 10.9 Å². The van der Waals surface area contributed by atoms with Gasteiger partial charge in [-0.05, 0) is 12.1 Å². The summed E-state index contributed by atoms with van der Waals surface area (Å²) in [5, 5.41) is 23.4. The van der Waals surface area contributed by atoms with Crippen molar-refractivity contribution >= 4 is 27.9 Å². The van der Waals surface area contributed by atoms with Crippen molar-refractivity contribution in [1.82, 2.24) is 19.8 Å². The van der Waals surface area contributed by atoms with Crippen LogP contribution in [0.1, 0.15) is 15.4 Å². The van der Waals surface area contributed by atoms with Crippen molar-refractivity contribution in [3.05, 3.63) is 41.2 Å². The molecule has 2 heterocycles. The van der Waals surface area contributed by atoms with Crippen LogP contribution in [-0.2, 0) is 0 Å². The SMILES string of the molecule is N#Cc1ccccc1NC(=O)c1nn2cnnc2s1. The summed E-state index contributed by atoms with van der Waals surface area (Å²) in [5.41, 5.74) is 0.861. The van der Waals surface area contributed by atoms with Gasteiger partial charge >= 0.3 is 0 Å². The van der Waals surface area contributed by atoms with Crippen LogP contribution in [0.3, 0.4) is 0 Å². The van der Waals surface area contributed by atoms with Crippen molar-refractivity contribution in [2.45, 2.75) is 0 Å². The fraction of sp³-hybridized carbons (Fsp3) is 0. The second-order valence-corrected chi connectivity index (χ2v) is 4.53. The average Bonchev–Trinajstić information content (AvgIpc) is 3.00. The number of rotatable bonds is 2. The second-order valence-electron chi connectivity index (χ2n) is 3.58. The Balaban J connectivity index is 1.89. The van der Waals surface area contributed by atoms with Gasteiger partial charge in [-0.25, -0.2) is 0 Å². The van der Waals surface area contributed by atoms with Gasteiger partial charge in [-0.1, -0.05) is 23.5 Å². The second kappa shape index (κ2) is 4.47. The lowest BCUT2D eigenvalue weighted by Crippen LogP contribution is -2.12. The van der Waals surface area contributed by atoms with Crippen molar-refractivity contribution in [1.29, 1.82) is 5.26 Å². The molecule has 0 atom stereocenters. The molecule has 0 fully saturated rings. The van der Waals surface area contributed by atoms with Crippen LogP contribution in [0.25, 0.3) is 4.96 Å². The minimum atomic E-state index is -0.377. The van der Waals surface area contributed by atoms with Crippen LogP contribution in [0.5, 0.6) is 0 Å². The standard InChI is InChI=1S/C11H6N6OS/c12-5-7-3-1-2-4-8(7)14-9(18)10-16-17-6-13-15-11(17)19-10/h1-4,6H,(H,14,18). The van der Waals surface area contributed by atoms with E-state index >= 15 is 0 Å². The highest BCUT2D eigenvalue weighted by Gasteiger charge is 2.14. The van der Waals surface area contributed by atoms with Gasteiger partial charge in [0.1, 0.15) is 12.4 Å². The Morgan fingerprint density at radius 1 is 1.42 bits per heavy atom. The van der Waals surface area contributed by atoms with E-state index in [4.69, 9.17) is 5.26 Å². The predicted molar refractivity (Wildman–Crippen MR) is 67.8 cm³/mol. The molecule has 3 rings (SSSR count). The first-order valence-corrected chi connectivity index (χ1v) is 6.07. The van der Waals surface area contributed by atoms with E-state index < -0.39 is 0 Å². The number of hydrogen-bond acceptors (Lipinski definition) is 6. The molecule has 7 nitrogen and oxygen atoms in total. The number of hydrogen-bond donors (Lipinski definition) is 1. The van der Waals surface area contributed by atoms with Gasteiger partial charge in [0, 0.05) is 0 Å². The van der Waals surface area contributed by atoms with Crippen LogP contribution in [-0.4, -0.2) is 25.7 Å². The summed E-state index contributed by atoms with van der Waals surface area (Å²) < 4.78 is 1.43. The quantitative estimate of drug-likeness (QED) is 0.757. The lowest BCUT2D eigenvalue weighted by molar-refractivity contribution is 0.102. The number of aromatic nitrogens is 4. The molecule has 1 amide bonds. The van der Waals surface area contributed by atoms with Crippen LogP contribution < -0.4 is 5.32 Å². The molecule has 92 valence electrons. The molecule has 0 aliphatic heterocycles. The van der Waals surface area contributed by atoms with Crippen molar-refractivity contribution < 1.29 is 4.79 Å². The van der Waals surface area contributed by atoms with Gasteiger partial charge in [-0.15, -0.1) is 15.3 Å². The number of para-hydroxylation sites is 1. The van der Waals surface area contributed by atoms with Crippen molar-refractivity contribution in [2.75, 3.05) is 5.32 Å². The summed E-state index contributed by atoms with van der Waals surface area (Å²) in [6.07, 6.45) is 1.42. The van der Waals surface area contributed by atoms with Gasteiger partial charge in [0.25, 0.3) is 5.91 Å². The summed E-state index contributed by atoms with van der Waals surface area (Å²) in [6.45, 7) is 0. The summed E-state index contributed by atoms with van der Waals surface area (Å²) in [7, 11) is 0. The molecule has 1 N–H and O–H groups in total. The Bertz CT molecular complexity index is 770. The van der Waals surface area contributed by atoms with Crippen LogP contribution in [0.4, 0.5) is 5.69 Å². The predicted octanol–water partition coefficient (Wildman–Crippen LogP) is 1.31. The molecule has 0 unspecified atom stereocenters. The number of nitriles is 1. The molecule has 0 aliphatic carbocycles. The Labute approximate surface area is 111 Å². The highest BCUT2D eigenvalue weighted by molar-refractivity contribution is 7.18. The van der Waals surface area contributed by atoms with Gasteiger partial charge in [0.05, 0.1) is 11.3 Å². The van der Waals surface area contributed by atoms with E-state index in [2.05, 4.69) is 20.6 Å². The lowest BCUT2D eigenvalue weighted by atomic mass is 10.2. The normalized spacial score (nSPS) is 10.3. The summed E-state index contributed by atoms with van der Waals surface area (Å²) >= 11 is 1.13. The van der Waals surface area contributed by atoms with Crippen LogP contribution in [0, 0.1) is 11.3 Å². The molecule has 0 radical (unpaired) electrons. The Morgan fingerprint density at radius 2 is 2.26 bits per heavy atom. The third kappa shape index (κ3) is 2.02. The number of carbonyl (C=O) groups excluding carboxylic acids is 1. The molecule has 0 aliphatic rings. The maximum Gasteiger partial charge on any atom is 0.286 e. The average molecular weight is 270 g/mol. The minimum absolute atomic E-state index is 0.262. The number of amides is 1. The zero-order chi connectivity index (χ0) is 13.2. The highest BCUT2D eigenvalue weighted by Crippen LogP contribution is 2.17. The number of anilines is 1. The molecular weight excluding hydrogens is 264 g/mol. The monoisotopic (exact) mass is 270 g/mol. The smallest absolute Gasteiger partial charge is 0.286 e. The zero-order valence-electron chi connectivity index (χ0n) is 9.44. The number of nitrogens with zero attached hydrogens (tertiary/aromatic N) is 5. The van der Waals surface area contributed by atoms with Crippen molar-refractivity contribution in [3.8, 4) is 6.07 Å². The van der Waals surface area contributed by atoms with Crippen molar-refractivity contribution in [2.24, 2.45) is 0 Å². The number of nitrogens with one attached hydrogen (secondary N) is 1. The van der Waals surface area contributed by atoms with E-state index in [9.17, 15) is 4.79 Å². The molecule has 0 saturated heterocycles. The molecule has 19 heavy (non-hydrogen) atoms. The summed E-state index contributed by atoms with van der Waals surface area (Å²) in [5.74, 6) is -0.377. The first-order valence-electron chi connectivity index (χ1n) is 5.25. The van der Waals surface area contributed by atoms with E-state index in [0.717, 1.165) is 11.3 Å². The van der Waals surface area contributed by atoms with Gasteiger partial charge in [-0.2, -0.15) is 9.78 Å². The fourth-order valence-corrected chi connectivity index (χ4v) is 2.23. The van der Waals surface area contributed by atoms with E-state index in [1.54, 1.807) is 24.3 Å². The first-order chi connectivity index (χ1) is 9.28. The van der Waals surface area contributed by atoms with Crippen LogP contribution in [0.2, 0.25) is 0 Å². The van der Waals surface area contributed by atoms with Crippen LogP contribution >= 0.6 is 11.3 Å². The molecule has 0 spiro atoms. The molecule has 0 saturated carbocycles. The fourth-order valence-electron chi connectivity index (χ4n) is 1.52. The molecule has 3 aromatic rings. The molecular formula is C11H6N6OS. The van der Waals surface area contributed by atoms with Gasteiger partial charge in [0.2, 0.25) is 9.97 Å². The number of benzene rings is 1. The first kappa shape index (κ1) is 11.3. The van der Waals surface area contributed by atoms with E-state index in [0.29, 0.717) is 16.2 Å². The van der Waals surface area contributed by atoms with Gasteiger partial charge < -0.3 is 5.32 Å². The van der Waals surface area contributed by atoms with Gasteiger partial charge in [0.15, 0.2) is 0 Å². The largest absolute Gasteiger partial charge is 0.319 e. The zero-order valence-corrected chi connectivity index (χ0v) is 10.3. The van der Waals surface area contributed by atoms with Crippen LogP contribution in [0.15, 0.2) is 30.6 Å². The highest BCUT2D eigenvalue weighted by atomic mass is 32.1. The summed E-state index contributed by atoms with van der Waals surface area (Å²) in [6, 6.07) is 8.79. The molecule has 0 bridgehead atoms. The Kier molecular flexibility index (Phi) is 2.66. The maximum absolute atomic E-state index is 12.0. The lowest BCUT2D eigenvalue weighted by Gasteiger charge is -2.03. The third-order valence-corrected chi connectivity index (χ3v) is 3.29. The third-order valence-electron chi connectivity index (χ3n) is 2.38. The van der Waals surface area contributed by atoms with Gasteiger partial charge in [-0.3, -0.25) is 4.79 Å². The number of fused-ring (bicyclic) bond motifs is 1. The topological polar surface area (TPSA) is 96.0 Å². The summed E-state index contributed by atoms with van der Waals surface area (Å²) in [4.78, 5) is 12.6. The van der Waals surface area contributed by atoms with E-state index in [1.807, 2.05) is 6.07 Å². The molecule has 2 aromatic heterocycles. The molecule has 8 heteroatoms. The Morgan fingerprint density at radius 3 is 3.05 bits per heavy atom. The van der Waals surface area contributed by atoms with E-state index in [1.165, 1.54) is 10.8 Å². The van der Waals surface area contributed by atoms with Crippen molar-refractivity contribution in [3.63, 3.8) is 0 Å². The molecule has 1 aromatic carbocycles.